The van der Waals surface area contributed by atoms with Gasteiger partial charge in [0.05, 0.1) is 12.6 Å². The van der Waals surface area contributed by atoms with Crippen molar-refractivity contribution in [3.05, 3.63) is 92.9 Å². The number of benzene rings is 2. The summed E-state index contributed by atoms with van der Waals surface area (Å²) in [4.78, 5) is 17.1. The van der Waals surface area contributed by atoms with Crippen molar-refractivity contribution in [2.45, 2.75) is 12.6 Å². The number of aliphatic imine (C=N–C) groups is 1. The van der Waals surface area contributed by atoms with Crippen LogP contribution in [0, 0.1) is 0 Å². The van der Waals surface area contributed by atoms with E-state index in [-0.39, 0.29) is 12.2 Å². The fraction of sp³-hybridized carbons (Fsp3) is 0.182. The Morgan fingerprint density at radius 2 is 2.00 bits per heavy atom. The van der Waals surface area contributed by atoms with E-state index in [2.05, 4.69) is 22.4 Å². The van der Waals surface area contributed by atoms with Gasteiger partial charge in [-0.15, -0.1) is 0 Å². The van der Waals surface area contributed by atoms with Gasteiger partial charge in [0.2, 0.25) is 0 Å². The summed E-state index contributed by atoms with van der Waals surface area (Å²) in [7, 11) is 1.76. The Bertz CT molecular complexity index is 1120. The molecule has 0 unspecified atom stereocenters. The van der Waals surface area contributed by atoms with Crippen molar-refractivity contribution in [2.75, 3.05) is 13.7 Å². The highest BCUT2D eigenvalue weighted by atomic mass is 35.5. The first-order valence-electron chi connectivity index (χ1n) is 9.03. The zero-order chi connectivity index (χ0) is 19.7. The molecule has 5 nitrogen and oxygen atoms in total. The fourth-order valence-corrected chi connectivity index (χ4v) is 3.80. The van der Waals surface area contributed by atoms with Crippen LogP contribution in [0.3, 0.4) is 0 Å². The van der Waals surface area contributed by atoms with Gasteiger partial charge in [-0.05, 0) is 46.5 Å². The standard InChI is InChI=1S/C22H20ClN3O2/c1-24-22-19-10-14(5-6-17(19)12-25-22)15-7-8-26(21(28)11-15)20(13-27)16-3-2-4-18(23)9-16/h2-11,20,27H,12-13H2,1H3,(H,24,25)/t20-/m1/s1. The Kier molecular flexibility index (Phi) is 5.03. The fourth-order valence-electron chi connectivity index (χ4n) is 3.60. The number of pyridine rings is 1. The molecule has 28 heavy (non-hydrogen) atoms. The van der Waals surface area contributed by atoms with E-state index in [4.69, 9.17) is 11.6 Å². The molecule has 3 aromatic rings. The van der Waals surface area contributed by atoms with Gasteiger partial charge in [0.15, 0.2) is 0 Å². The smallest absolute Gasteiger partial charge is 0.251 e. The van der Waals surface area contributed by atoms with Crippen LogP contribution < -0.4 is 10.9 Å². The van der Waals surface area contributed by atoms with Gasteiger partial charge < -0.3 is 15.0 Å². The molecule has 0 radical (unpaired) electrons. The van der Waals surface area contributed by atoms with E-state index in [9.17, 15) is 9.90 Å². The second-order valence-corrected chi connectivity index (χ2v) is 7.15. The van der Waals surface area contributed by atoms with E-state index in [1.54, 1.807) is 31.4 Å². The first kappa shape index (κ1) is 18.5. The lowest BCUT2D eigenvalue weighted by atomic mass is 10.0. The van der Waals surface area contributed by atoms with Crippen LogP contribution in [0.1, 0.15) is 22.7 Å². The number of aromatic nitrogens is 1. The van der Waals surface area contributed by atoms with Gasteiger partial charge in [0.25, 0.3) is 5.56 Å². The molecule has 0 spiro atoms. The van der Waals surface area contributed by atoms with Gasteiger partial charge in [0.1, 0.15) is 5.84 Å². The number of amidine groups is 1. The number of aliphatic hydroxyl groups is 1. The third-order valence-corrected chi connectivity index (χ3v) is 5.29. The Morgan fingerprint density at radius 1 is 1.18 bits per heavy atom. The number of halogens is 1. The third-order valence-electron chi connectivity index (χ3n) is 5.06. The lowest BCUT2D eigenvalue weighted by Gasteiger charge is -2.18. The SMILES string of the molecule is CN=C1NCc2ccc(-c3ccn([C@H](CO)c4cccc(Cl)c4)c(=O)c3)cc21. The number of aliphatic hydroxyl groups excluding tert-OH is 1. The van der Waals surface area contributed by atoms with Crippen molar-refractivity contribution in [3.63, 3.8) is 0 Å². The molecule has 0 saturated heterocycles. The molecule has 4 rings (SSSR count). The van der Waals surface area contributed by atoms with Crippen LogP contribution in [0.2, 0.25) is 5.02 Å². The van der Waals surface area contributed by atoms with E-state index in [0.29, 0.717) is 5.02 Å². The van der Waals surface area contributed by atoms with E-state index >= 15 is 0 Å². The molecule has 2 N–H and O–H groups in total. The molecule has 0 saturated carbocycles. The third kappa shape index (κ3) is 3.35. The molecule has 0 aliphatic carbocycles. The number of hydrogen-bond donors (Lipinski definition) is 2. The van der Waals surface area contributed by atoms with Crippen molar-refractivity contribution in [3.8, 4) is 11.1 Å². The first-order valence-corrected chi connectivity index (χ1v) is 9.41. The summed E-state index contributed by atoms with van der Waals surface area (Å²) in [6.45, 7) is 0.572. The number of rotatable bonds is 4. The molecule has 1 aliphatic heterocycles. The second kappa shape index (κ2) is 7.62. The summed E-state index contributed by atoms with van der Waals surface area (Å²) in [6, 6.07) is 16.3. The maximum atomic E-state index is 12.8. The highest BCUT2D eigenvalue weighted by molar-refractivity contribution is 6.30. The molecular weight excluding hydrogens is 374 g/mol. The summed E-state index contributed by atoms with van der Waals surface area (Å²) >= 11 is 6.06. The molecule has 2 aromatic carbocycles. The Balaban J connectivity index is 1.72. The topological polar surface area (TPSA) is 66.6 Å². The highest BCUT2D eigenvalue weighted by Gasteiger charge is 2.18. The van der Waals surface area contributed by atoms with E-state index < -0.39 is 6.04 Å². The Morgan fingerprint density at radius 3 is 2.71 bits per heavy atom. The average Bonchev–Trinajstić information content (AvgIpc) is 3.12. The lowest BCUT2D eigenvalue weighted by molar-refractivity contribution is 0.247. The van der Waals surface area contributed by atoms with Gasteiger partial charge in [-0.3, -0.25) is 9.79 Å². The second-order valence-electron chi connectivity index (χ2n) is 6.71. The summed E-state index contributed by atoms with van der Waals surface area (Å²) in [5.74, 6) is 0.867. The van der Waals surface area contributed by atoms with E-state index in [0.717, 1.165) is 34.6 Å². The van der Waals surface area contributed by atoms with Crippen LogP contribution >= 0.6 is 11.6 Å². The van der Waals surface area contributed by atoms with Crippen molar-refractivity contribution >= 4 is 17.4 Å². The van der Waals surface area contributed by atoms with Gasteiger partial charge in [-0.2, -0.15) is 0 Å². The minimum atomic E-state index is -0.483. The van der Waals surface area contributed by atoms with Gasteiger partial charge in [0, 0.05) is 36.4 Å². The summed E-state index contributed by atoms with van der Waals surface area (Å²) < 4.78 is 1.53. The summed E-state index contributed by atoms with van der Waals surface area (Å²) in [5, 5.41) is 13.7. The molecule has 1 aromatic heterocycles. The Labute approximate surface area is 167 Å². The van der Waals surface area contributed by atoms with Crippen LogP contribution in [0.25, 0.3) is 11.1 Å². The quantitative estimate of drug-likeness (QED) is 0.715. The minimum absolute atomic E-state index is 0.181. The average molecular weight is 394 g/mol. The first-order chi connectivity index (χ1) is 13.6. The van der Waals surface area contributed by atoms with Crippen molar-refractivity contribution in [2.24, 2.45) is 4.99 Å². The molecule has 142 valence electrons. The maximum absolute atomic E-state index is 12.8. The minimum Gasteiger partial charge on any atom is -0.394 e. The Hall–Kier alpha value is -2.89. The predicted molar refractivity (Wildman–Crippen MR) is 112 cm³/mol. The molecule has 1 atom stereocenters. The van der Waals surface area contributed by atoms with E-state index in [1.807, 2.05) is 24.3 Å². The number of nitrogens with zero attached hydrogens (tertiary/aromatic N) is 2. The van der Waals surface area contributed by atoms with Gasteiger partial charge in [-0.1, -0.05) is 35.9 Å². The monoisotopic (exact) mass is 393 g/mol. The molecular formula is C22H20ClN3O2. The molecule has 0 amide bonds. The number of fused-ring (bicyclic) bond motifs is 1. The number of hydrogen-bond acceptors (Lipinski definition) is 3. The van der Waals surface area contributed by atoms with Gasteiger partial charge in [-0.25, -0.2) is 0 Å². The summed E-state index contributed by atoms with van der Waals surface area (Å²) in [6.07, 6.45) is 1.72. The normalized spacial score (nSPS) is 15.3. The van der Waals surface area contributed by atoms with Crippen LogP contribution in [0.5, 0.6) is 0 Å². The van der Waals surface area contributed by atoms with Crippen LogP contribution in [-0.2, 0) is 6.54 Å². The lowest BCUT2D eigenvalue weighted by Crippen LogP contribution is -2.26. The van der Waals surface area contributed by atoms with Gasteiger partial charge >= 0.3 is 0 Å². The molecule has 1 aliphatic rings. The molecule has 0 fully saturated rings. The zero-order valence-corrected chi connectivity index (χ0v) is 16.1. The van der Waals surface area contributed by atoms with Crippen LogP contribution in [0.4, 0.5) is 0 Å². The van der Waals surface area contributed by atoms with Crippen molar-refractivity contribution in [1.82, 2.24) is 9.88 Å². The number of nitrogens with one attached hydrogen (secondary N) is 1. The summed E-state index contributed by atoms with van der Waals surface area (Å²) in [5.41, 5.74) is 4.65. The highest BCUT2D eigenvalue weighted by Crippen LogP contribution is 2.26. The van der Waals surface area contributed by atoms with Crippen LogP contribution in [-0.4, -0.2) is 29.2 Å². The molecule has 2 heterocycles. The van der Waals surface area contributed by atoms with Crippen LogP contribution in [0.15, 0.2) is 70.6 Å². The largest absolute Gasteiger partial charge is 0.394 e. The molecule has 0 bridgehead atoms. The predicted octanol–water partition coefficient (Wildman–Crippen LogP) is 3.23. The van der Waals surface area contributed by atoms with Crippen molar-refractivity contribution < 1.29 is 5.11 Å². The molecule has 6 heteroatoms. The maximum Gasteiger partial charge on any atom is 0.251 e. The zero-order valence-electron chi connectivity index (χ0n) is 15.4. The van der Waals surface area contributed by atoms with Crippen molar-refractivity contribution in [1.29, 1.82) is 0 Å². The van der Waals surface area contributed by atoms with E-state index in [1.165, 1.54) is 10.1 Å².